The van der Waals surface area contributed by atoms with E-state index >= 15 is 0 Å². The third-order valence-electron chi connectivity index (χ3n) is 1.37. The predicted molar refractivity (Wildman–Crippen MR) is 37.9 cm³/mol. The van der Waals surface area contributed by atoms with Gasteiger partial charge in [0.2, 0.25) is 0 Å². The van der Waals surface area contributed by atoms with Crippen LogP contribution in [0.5, 0.6) is 0 Å². The molecule has 0 aliphatic heterocycles. The van der Waals surface area contributed by atoms with Crippen molar-refractivity contribution in [3.63, 3.8) is 0 Å². The van der Waals surface area contributed by atoms with E-state index in [-0.39, 0.29) is 6.42 Å². The van der Waals surface area contributed by atoms with Gasteiger partial charge in [0.25, 0.3) is 0 Å². The SMILES string of the molecule is N[C@H](CC(=O)O)c1ccoc1. The number of hydrogen-bond donors (Lipinski definition) is 2. The average molecular weight is 155 g/mol. The first-order valence-corrected chi connectivity index (χ1v) is 3.19. The van der Waals surface area contributed by atoms with Crippen LogP contribution in [-0.4, -0.2) is 11.1 Å². The predicted octanol–water partition coefficient (Wildman–Crippen LogP) is 0.754. The summed E-state index contributed by atoms with van der Waals surface area (Å²) in [4.78, 5) is 10.2. The molecule has 1 heterocycles. The van der Waals surface area contributed by atoms with E-state index in [4.69, 9.17) is 15.3 Å². The summed E-state index contributed by atoms with van der Waals surface area (Å²) in [5, 5.41) is 8.37. The average Bonchev–Trinajstić information content (AvgIpc) is 2.35. The minimum absolute atomic E-state index is 0.0699. The maximum atomic E-state index is 10.2. The molecule has 11 heavy (non-hydrogen) atoms. The van der Waals surface area contributed by atoms with Gasteiger partial charge in [0, 0.05) is 11.6 Å². The molecule has 0 saturated carbocycles. The topological polar surface area (TPSA) is 76.5 Å². The van der Waals surface area contributed by atoms with Gasteiger partial charge in [0.05, 0.1) is 18.9 Å². The lowest BCUT2D eigenvalue weighted by molar-refractivity contribution is -0.137. The van der Waals surface area contributed by atoms with E-state index < -0.39 is 12.0 Å². The molecular formula is C7H9NO3. The Labute approximate surface area is 63.6 Å². The fraction of sp³-hybridized carbons (Fsp3) is 0.286. The van der Waals surface area contributed by atoms with Gasteiger partial charge in [-0.2, -0.15) is 0 Å². The van der Waals surface area contributed by atoms with Crippen molar-refractivity contribution in [2.75, 3.05) is 0 Å². The monoisotopic (exact) mass is 155 g/mol. The molecule has 1 rings (SSSR count). The van der Waals surface area contributed by atoms with Crippen molar-refractivity contribution >= 4 is 5.97 Å². The van der Waals surface area contributed by atoms with Crippen LogP contribution in [0.2, 0.25) is 0 Å². The number of hydrogen-bond acceptors (Lipinski definition) is 3. The Hall–Kier alpha value is -1.29. The largest absolute Gasteiger partial charge is 0.481 e. The van der Waals surface area contributed by atoms with Crippen LogP contribution in [-0.2, 0) is 4.79 Å². The molecule has 0 amide bonds. The smallest absolute Gasteiger partial charge is 0.305 e. The molecule has 4 heteroatoms. The Morgan fingerprint density at radius 2 is 2.55 bits per heavy atom. The Morgan fingerprint density at radius 1 is 1.82 bits per heavy atom. The number of nitrogens with two attached hydrogens (primary N) is 1. The van der Waals surface area contributed by atoms with Crippen LogP contribution in [0.1, 0.15) is 18.0 Å². The second kappa shape index (κ2) is 3.21. The molecular weight excluding hydrogens is 146 g/mol. The van der Waals surface area contributed by atoms with Crippen LogP contribution >= 0.6 is 0 Å². The molecule has 1 aromatic heterocycles. The molecule has 0 aliphatic rings. The van der Waals surface area contributed by atoms with Gasteiger partial charge in [-0.3, -0.25) is 4.79 Å². The number of carboxylic acids is 1. The summed E-state index contributed by atoms with van der Waals surface area (Å²) in [5.74, 6) is -0.904. The van der Waals surface area contributed by atoms with Crippen LogP contribution in [0.25, 0.3) is 0 Å². The Balaban J connectivity index is 2.56. The fourth-order valence-corrected chi connectivity index (χ4v) is 0.792. The van der Waals surface area contributed by atoms with Crippen molar-refractivity contribution < 1.29 is 14.3 Å². The second-order valence-corrected chi connectivity index (χ2v) is 2.26. The van der Waals surface area contributed by atoms with E-state index in [2.05, 4.69) is 0 Å². The molecule has 0 spiro atoms. The van der Waals surface area contributed by atoms with E-state index in [1.165, 1.54) is 12.5 Å². The number of aliphatic carboxylic acids is 1. The third kappa shape index (κ3) is 2.09. The Morgan fingerprint density at radius 3 is 3.00 bits per heavy atom. The minimum Gasteiger partial charge on any atom is -0.481 e. The molecule has 4 nitrogen and oxygen atoms in total. The Kier molecular flexibility index (Phi) is 2.28. The standard InChI is InChI=1S/C7H9NO3/c8-6(3-7(9)10)5-1-2-11-4-5/h1-2,4,6H,3,8H2,(H,9,10)/t6-/m1/s1. The van der Waals surface area contributed by atoms with Crippen molar-refractivity contribution in [1.82, 2.24) is 0 Å². The number of furan rings is 1. The van der Waals surface area contributed by atoms with Crippen molar-refractivity contribution in [3.8, 4) is 0 Å². The van der Waals surface area contributed by atoms with E-state index in [0.29, 0.717) is 5.56 Å². The van der Waals surface area contributed by atoms with Gasteiger partial charge in [0.15, 0.2) is 0 Å². The highest BCUT2D eigenvalue weighted by Crippen LogP contribution is 2.13. The van der Waals surface area contributed by atoms with Crippen LogP contribution in [0.3, 0.4) is 0 Å². The van der Waals surface area contributed by atoms with Gasteiger partial charge < -0.3 is 15.3 Å². The zero-order valence-corrected chi connectivity index (χ0v) is 5.86. The van der Waals surface area contributed by atoms with Crippen molar-refractivity contribution in [3.05, 3.63) is 24.2 Å². The molecule has 0 saturated heterocycles. The maximum absolute atomic E-state index is 10.2. The van der Waals surface area contributed by atoms with Crippen LogP contribution < -0.4 is 5.73 Å². The summed E-state index contributed by atoms with van der Waals surface area (Å²) in [7, 11) is 0. The van der Waals surface area contributed by atoms with Gasteiger partial charge in [0.1, 0.15) is 0 Å². The lowest BCUT2D eigenvalue weighted by Crippen LogP contribution is -2.13. The highest BCUT2D eigenvalue weighted by Gasteiger charge is 2.10. The molecule has 0 bridgehead atoms. The third-order valence-corrected chi connectivity index (χ3v) is 1.37. The highest BCUT2D eigenvalue weighted by molar-refractivity contribution is 5.67. The molecule has 1 aromatic rings. The molecule has 0 aromatic carbocycles. The summed E-state index contributed by atoms with van der Waals surface area (Å²) in [5.41, 5.74) is 6.21. The number of rotatable bonds is 3. The van der Waals surface area contributed by atoms with Gasteiger partial charge in [-0.05, 0) is 6.07 Å². The highest BCUT2D eigenvalue weighted by atomic mass is 16.4. The second-order valence-electron chi connectivity index (χ2n) is 2.26. The summed E-state index contributed by atoms with van der Waals surface area (Å²) >= 11 is 0. The van der Waals surface area contributed by atoms with Crippen molar-refractivity contribution in [2.45, 2.75) is 12.5 Å². The molecule has 0 radical (unpaired) electrons. The zero-order valence-electron chi connectivity index (χ0n) is 5.86. The molecule has 0 aliphatic carbocycles. The van der Waals surface area contributed by atoms with E-state index in [1.807, 2.05) is 0 Å². The van der Waals surface area contributed by atoms with E-state index in [1.54, 1.807) is 6.07 Å². The molecule has 3 N–H and O–H groups in total. The molecule has 0 unspecified atom stereocenters. The summed E-state index contributed by atoms with van der Waals surface area (Å²) in [6.07, 6.45) is 2.85. The number of carboxylic acid groups (broad SMARTS) is 1. The minimum atomic E-state index is -0.904. The molecule has 0 fully saturated rings. The summed E-state index contributed by atoms with van der Waals surface area (Å²) in [6.45, 7) is 0. The first-order valence-electron chi connectivity index (χ1n) is 3.19. The lowest BCUT2D eigenvalue weighted by atomic mass is 10.1. The molecule has 1 atom stereocenters. The first-order chi connectivity index (χ1) is 5.20. The van der Waals surface area contributed by atoms with Crippen LogP contribution in [0.15, 0.2) is 23.0 Å². The van der Waals surface area contributed by atoms with Gasteiger partial charge in [-0.1, -0.05) is 0 Å². The van der Waals surface area contributed by atoms with Crippen molar-refractivity contribution in [1.29, 1.82) is 0 Å². The summed E-state index contributed by atoms with van der Waals surface area (Å²) < 4.78 is 4.74. The van der Waals surface area contributed by atoms with Gasteiger partial charge in [-0.15, -0.1) is 0 Å². The van der Waals surface area contributed by atoms with Crippen molar-refractivity contribution in [2.24, 2.45) is 5.73 Å². The van der Waals surface area contributed by atoms with Gasteiger partial charge in [-0.25, -0.2) is 0 Å². The van der Waals surface area contributed by atoms with Gasteiger partial charge >= 0.3 is 5.97 Å². The number of carbonyl (C=O) groups is 1. The normalized spacial score (nSPS) is 12.8. The Bertz CT molecular complexity index is 230. The van der Waals surface area contributed by atoms with Crippen LogP contribution in [0.4, 0.5) is 0 Å². The van der Waals surface area contributed by atoms with Crippen LogP contribution in [0, 0.1) is 0 Å². The van der Waals surface area contributed by atoms with E-state index in [0.717, 1.165) is 0 Å². The van der Waals surface area contributed by atoms with E-state index in [9.17, 15) is 4.79 Å². The fourth-order valence-electron chi connectivity index (χ4n) is 0.792. The lowest BCUT2D eigenvalue weighted by Gasteiger charge is -2.03. The molecule has 60 valence electrons. The first kappa shape index (κ1) is 7.81. The summed E-state index contributed by atoms with van der Waals surface area (Å²) in [6, 6.07) is 1.19. The maximum Gasteiger partial charge on any atom is 0.305 e. The quantitative estimate of drug-likeness (QED) is 0.675. The zero-order chi connectivity index (χ0) is 8.27.